The van der Waals surface area contributed by atoms with Crippen molar-refractivity contribution in [1.29, 1.82) is 0 Å². The van der Waals surface area contributed by atoms with E-state index in [4.69, 9.17) is 0 Å². The molecule has 1 aliphatic heterocycles. The third-order valence-electron chi connectivity index (χ3n) is 3.68. The van der Waals surface area contributed by atoms with Crippen molar-refractivity contribution >= 4 is 32.6 Å². The highest BCUT2D eigenvalue weighted by Crippen LogP contribution is 2.21. The van der Waals surface area contributed by atoms with Gasteiger partial charge in [0.15, 0.2) is 0 Å². The van der Waals surface area contributed by atoms with Crippen LogP contribution >= 0.6 is 15.9 Å². The zero-order valence-electron chi connectivity index (χ0n) is 11.2. The van der Waals surface area contributed by atoms with Crippen LogP contribution in [0.2, 0.25) is 0 Å². The molecule has 0 aliphatic carbocycles. The Morgan fingerprint density at radius 1 is 1.05 bits per heavy atom. The van der Waals surface area contributed by atoms with Crippen LogP contribution in [0.25, 0.3) is 10.8 Å². The van der Waals surface area contributed by atoms with Crippen molar-refractivity contribution in [3.05, 3.63) is 46.4 Å². The van der Waals surface area contributed by atoms with Crippen LogP contribution in [0.15, 0.2) is 40.9 Å². The van der Waals surface area contributed by atoms with Gasteiger partial charge in [-0.2, -0.15) is 0 Å². The van der Waals surface area contributed by atoms with E-state index in [0.29, 0.717) is 0 Å². The SMILES string of the molecule is O=C(c1ccc2cc(Br)ccc2c1)N1CCCNCC1. The topological polar surface area (TPSA) is 32.3 Å². The van der Waals surface area contributed by atoms with Gasteiger partial charge in [-0.3, -0.25) is 4.79 Å². The molecule has 0 bridgehead atoms. The Morgan fingerprint density at radius 2 is 1.85 bits per heavy atom. The van der Waals surface area contributed by atoms with Gasteiger partial charge in [0.05, 0.1) is 0 Å². The minimum Gasteiger partial charge on any atom is -0.337 e. The summed E-state index contributed by atoms with van der Waals surface area (Å²) < 4.78 is 1.06. The van der Waals surface area contributed by atoms with Crippen molar-refractivity contribution in [3.63, 3.8) is 0 Å². The molecule has 1 fully saturated rings. The maximum atomic E-state index is 12.6. The summed E-state index contributed by atoms with van der Waals surface area (Å²) in [6, 6.07) is 12.0. The predicted octanol–water partition coefficient (Wildman–Crippen LogP) is 3.04. The van der Waals surface area contributed by atoms with Gasteiger partial charge in [0, 0.05) is 29.7 Å². The number of nitrogens with one attached hydrogen (secondary N) is 1. The van der Waals surface area contributed by atoms with Crippen molar-refractivity contribution in [2.75, 3.05) is 26.2 Å². The second kappa shape index (κ2) is 5.94. The highest BCUT2D eigenvalue weighted by Gasteiger charge is 2.17. The van der Waals surface area contributed by atoms with E-state index in [0.717, 1.165) is 53.4 Å². The molecule has 0 aromatic heterocycles. The average Bonchev–Trinajstić information content (AvgIpc) is 2.75. The summed E-state index contributed by atoms with van der Waals surface area (Å²) in [5.41, 5.74) is 0.779. The molecule has 20 heavy (non-hydrogen) atoms. The summed E-state index contributed by atoms with van der Waals surface area (Å²) in [4.78, 5) is 14.5. The molecule has 4 heteroatoms. The molecule has 1 amide bonds. The largest absolute Gasteiger partial charge is 0.337 e. The summed E-state index contributed by atoms with van der Waals surface area (Å²) in [5, 5.41) is 5.57. The number of hydrogen-bond donors (Lipinski definition) is 1. The lowest BCUT2D eigenvalue weighted by Crippen LogP contribution is -2.34. The summed E-state index contributed by atoms with van der Waals surface area (Å²) >= 11 is 3.47. The normalized spacial score (nSPS) is 16.1. The van der Waals surface area contributed by atoms with Crippen LogP contribution in [0.4, 0.5) is 0 Å². The number of hydrogen-bond acceptors (Lipinski definition) is 2. The van der Waals surface area contributed by atoms with Crippen molar-refractivity contribution in [2.45, 2.75) is 6.42 Å². The molecule has 3 rings (SSSR count). The van der Waals surface area contributed by atoms with Gasteiger partial charge in [-0.05, 0) is 48.0 Å². The van der Waals surface area contributed by atoms with Crippen LogP contribution < -0.4 is 5.32 Å². The minimum atomic E-state index is 0.138. The van der Waals surface area contributed by atoms with Crippen LogP contribution in [0.3, 0.4) is 0 Å². The lowest BCUT2D eigenvalue weighted by Gasteiger charge is -2.20. The van der Waals surface area contributed by atoms with Gasteiger partial charge in [0.2, 0.25) is 0 Å². The number of amides is 1. The smallest absolute Gasteiger partial charge is 0.253 e. The van der Waals surface area contributed by atoms with E-state index in [2.05, 4.69) is 27.3 Å². The van der Waals surface area contributed by atoms with E-state index >= 15 is 0 Å². The predicted molar refractivity (Wildman–Crippen MR) is 85.0 cm³/mol. The first-order chi connectivity index (χ1) is 9.74. The first-order valence-corrected chi connectivity index (χ1v) is 7.73. The highest BCUT2D eigenvalue weighted by molar-refractivity contribution is 9.10. The van der Waals surface area contributed by atoms with Gasteiger partial charge in [-0.25, -0.2) is 0 Å². The van der Waals surface area contributed by atoms with E-state index in [9.17, 15) is 4.79 Å². The standard InChI is InChI=1S/C16H17BrN2O/c17-15-5-4-12-10-14(3-2-13(12)11-15)16(20)19-8-1-6-18-7-9-19/h2-5,10-11,18H,1,6-9H2. The molecule has 0 spiro atoms. The molecular formula is C16H17BrN2O. The summed E-state index contributed by atoms with van der Waals surface area (Å²) in [6.07, 6.45) is 1.02. The molecule has 3 nitrogen and oxygen atoms in total. The zero-order valence-corrected chi connectivity index (χ0v) is 12.8. The van der Waals surface area contributed by atoms with E-state index in [1.54, 1.807) is 0 Å². The number of rotatable bonds is 1. The van der Waals surface area contributed by atoms with Crippen LogP contribution in [-0.4, -0.2) is 37.0 Å². The number of carbonyl (C=O) groups excluding carboxylic acids is 1. The monoisotopic (exact) mass is 332 g/mol. The number of halogens is 1. The fourth-order valence-corrected chi connectivity index (χ4v) is 2.96. The molecule has 0 saturated carbocycles. The zero-order chi connectivity index (χ0) is 13.9. The van der Waals surface area contributed by atoms with Crippen molar-refractivity contribution in [2.24, 2.45) is 0 Å². The number of benzene rings is 2. The molecule has 0 atom stereocenters. The van der Waals surface area contributed by atoms with Crippen LogP contribution in [0.5, 0.6) is 0 Å². The second-order valence-electron chi connectivity index (χ2n) is 5.10. The molecule has 1 saturated heterocycles. The minimum absolute atomic E-state index is 0.138. The third-order valence-corrected chi connectivity index (χ3v) is 4.17. The van der Waals surface area contributed by atoms with Crippen LogP contribution in [0, 0.1) is 0 Å². The van der Waals surface area contributed by atoms with Crippen LogP contribution in [0.1, 0.15) is 16.8 Å². The lowest BCUT2D eigenvalue weighted by atomic mass is 10.1. The molecule has 0 radical (unpaired) electrons. The fourth-order valence-electron chi connectivity index (χ4n) is 2.58. The maximum Gasteiger partial charge on any atom is 0.253 e. The Balaban J connectivity index is 1.89. The second-order valence-corrected chi connectivity index (χ2v) is 6.02. The Morgan fingerprint density at radius 3 is 2.75 bits per heavy atom. The first kappa shape index (κ1) is 13.6. The summed E-state index contributed by atoms with van der Waals surface area (Å²) in [6.45, 7) is 3.50. The van der Waals surface area contributed by atoms with E-state index < -0.39 is 0 Å². The van der Waals surface area contributed by atoms with Gasteiger partial charge in [-0.15, -0.1) is 0 Å². The van der Waals surface area contributed by atoms with E-state index in [1.807, 2.05) is 35.2 Å². The highest BCUT2D eigenvalue weighted by atomic mass is 79.9. The Kier molecular flexibility index (Phi) is 4.03. The quantitative estimate of drug-likeness (QED) is 0.870. The lowest BCUT2D eigenvalue weighted by molar-refractivity contribution is 0.0766. The van der Waals surface area contributed by atoms with Gasteiger partial charge in [-0.1, -0.05) is 28.1 Å². The van der Waals surface area contributed by atoms with Gasteiger partial charge in [0.25, 0.3) is 5.91 Å². The molecule has 1 heterocycles. The van der Waals surface area contributed by atoms with Crippen molar-refractivity contribution in [1.82, 2.24) is 10.2 Å². The molecule has 2 aromatic rings. The molecule has 1 aliphatic rings. The fraction of sp³-hybridized carbons (Fsp3) is 0.312. The number of nitrogens with zero attached hydrogens (tertiary/aromatic N) is 1. The molecule has 1 N–H and O–H groups in total. The third kappa shape index (κ3) is 2.86. The van der Waals surface area contributed by atoms with E-state index in [-0.39, 0.29) is 5.91 Å². The average molecular weight is 333 g/mol. The van der Waals surface area contributed by atoms with Crippen molar-refractivity contribution < 1.29 is 4.79 Å². The number of carbonyl (C=O) groups is 1. The molecule has 104 valence electrons. The number of fused-ring (bicyclic) bond motifs is 1. The Bertz CT molecular complexity index is 633. The molecular weight excluding hydrogens is 316 g/mol. The summed E-state index contributed by atoms with van der Waals surface area (Å²) in [5.74, 6) is 0.138. The molecule has 0 unspecified atom stereocenters. The van der Waals surface area contributed by atoms with Gasteiger partial charge < -0.3 is 10.2 Å². The van der Waals surface area contributed by atoms with E-state index in [1.165, 1.54) is 0 Å². The molecule has 2 aromatic carbocycles. The van der Waals surface area contributed by atoms with Crippen molar-refractivity contribution in [3.8, 4) is 0 Å². The van der Waals surface area contributed by atoms with Gasteiger partial charge >= 0.3 is 0 Å². The summed E-state index contributed by atoms with van der Waals surface area (Å²) in [7, 11) is 0. The Labute approximate surface area is 127 Å². The first-order valence-electron chi connectivity index (χ1n) is 6.93. The van der Waals surface area contributed by atoms with Crippen LogP contribution in [-0.2, 0) is 0 Å². The maximum absolute atomic E-state index is 12.6. The Hall–Kier alpha value is -1.39. The van der Waals surface area contributed by atoms with Gasteiger partial charge in [0.1, 0.15) is 0 Å².